The van der Waals surface area contributed by atoms with E-state index < -0.39 is 17.6 Å². The quantitative estimate of drug-likeness (QED) is 0.872. The van der Waals surface area contributed by atoms with Gasteiger partial charge in [0, 0.05) is 25.2 Å². The summed E-state index contributed by atoms with van der Waals surface area (Å²) in [5.74, 6) is -0.437. The van der Waals surface area contributed by atoms with Crippen LogP contribution in [0.1, 0.15) is 22.3 Å². The van der Waals surface area contributed by atoms with Gasteiger partial charge in [0.05, 0.1) is 16.9 Å². The number of hydrogen-bond donors (Lipinski definition) is 1. The molecule has 0 saturated carbocycles. The van der Waals surface area contributed by atoms with Crippen LogP contribution in [0.4, 0.5) is 24.5 Å². The number of rotatable bonds is 4. The second kappa shape index (κ2) is 7.60. The number of likely N-dealkylation sites (tertiary alicyclic amines) is 1. The van der Waals surface area contributed by atoms with Gasteiger partial charge >= 0.3 is 6.18 Å². The van der Waals surface area contributed by atoms with Gasteiger partial charge in [-0.3, -0.25) is 4.79 Å². The van der Waals surface area contributed by atoms with Gasteiger partial charge < -0.3 is 15.1 Å². The van der Waals surface area contributed by atoms with Crippen molar-refractivity contribution >= 4 is 17.3 Å². The number of nitrogens with zero attached hydrogens (tertiary/aromatic N) is 2. The maximum Gasteiger partial charge on any atom is 0.416 e. The Morgan fingerprint density at radius 3 is 2.48 bits per heavy atom. The third-order valence-corrected chi connectivity index (χ3v) is 4.90. The summed E-state index contributed by atoms with van der Waals surface area (Å²) in [6.07, 6.45) is -3.56. The van der Waals surface area contributed by atoms with Crippen molar-refractivity contribution in [3.05, 3.63) is 59.7 Å². The lowest BCUT2D eigenvalue weighted by Crippen LogP contribution is -2.34. The van der Waals surface area contributed by atoms with Crippen molar-refractivity contribution in [2.24, 2.45) is 0 Å². The van der Waals surface area contributed by atoms with Crippen LogP contribution in [0.15, 0.2) is 48.5 Å². The molecule has 2 aromatic rings. The molecule has 144 valence electrons. The van der Waals surface area contributed by atoms with E-state index in [4.69, 9.17) is 0 Å². The Bertz CT molecular complexity index is 808. The number of nitrogens with one attached hydrogen (secondary N) is 1. The summed E-state index contributed by atoms with van der Waals surface area (Å²) in [5.41, 5.74) is 0.346. The van der Waals surface area contributed by atoms with E-state index in [0.717, 1.165) is 31.6 Å². The molecule has 1 N–H and O–H groups in total. The number of hydrogen-bond acceptors (Lipinski definition) is 3. The molecule has 27 heavy (non-hydrogen) atoms. The van der Waals surface area contributed by atoms with Gasteiger partial charge in [-0.2, -0.15) is 13.2 Å². The van der Waals surface area contributed by atoms with Crippen LogP contribution in [-0.2, 0) is 6.18 Å². The zero-order valence-corrected chi connectivity index (χ0v) is 15.3. The number of alkyl halides is 3. The Kier molecular flexibility index (Phi) is 5.41. The number of likely N-dealkylation sites (N-methyl/N-ethyl adjacent to an activating group) is 2. The summed E-state index contributed by atoms with van der Waals surface area (Å²) < 4.78 is 39.5. The minimum atomic E-state index is -4.48. The number of halogens is 3. The molecule has 1 atom stereocenters. The first-order valence-corrected chi connectivity index (χ1v) is 8.74. The first-order chi connectivity index (χ1) is 12.8. The molecule has 1 aliphatic rings. The van der Waals surface area contributed by atoms with Gasteiger partial charge in [-0.05, 0) is 50.3 Å². The molecule has 0 aliphatic carbocycles. The Morgan fingerprint density at radius 1 is 1.19 bits per heavy atom. The molecule has 0 bridgehead atoms. The van der Waals surface area contributed by atoms with E-state index in [9.17, 15) is 18.0 Å². The van der Waals surface area contributed by atoms with Gasteiger partial charge in [0.25, 0.3) is 5.91 Å². The maximum atomic E-state index is 13.2. The van der Waals surface area contributed by atoms with E-state index in [1.54, 1.807) is 30.3 Å². The van der Waals surface area contributed by atoms with E-state index in [-0.39, 0.29) is 11.7 Å². The summed E-state index contributed by atoms with van der Waals surface area (Å²) in [6.45, 7) is 1.75. The molecule has 2 aromatic carbocycles. The van der Waals surface area contributed by atoms with E-state index in [1.807, 2.05) is 19.0 Å². The van der Waals surface area contributed by atoms with Gasteiger partial charge in [-0.25, -0.2) is 0 Å². The molecule has 7 heteroatoms. The molecule has 1 saturated heterocycles. The summed E-state index contributed by atoms with van der Waals surface area (Å²) in [6, 6.07) is 12.1. The zero-order chi connectivity index (χ0) is 19.6. The fraction of sp³-hybridized carbons (Fsp3) is 0.350. The molecule has 0 aromatic heterocycles. The zero-order valence-electron chi connectivity index (χ0n) is 15.3. The molecule has 1 amide bonds. The smallest absolute Gasteiger partial charge is 0.369 e. The van der Waals surface area contributed by atoms with Crippen molar-refractivity contribution in [2.75, 3.05) is 37.4 Å². The first kappa shape index (κ1) is 19.2. The van der Waals surface area contributed by atoms with Gasteiger partial charge in [-0.1, -0.05) is 18.2 Å². The molecular weight excluding hydrogens is 355 g/mol. The molecule has 1 unspecified atom stereocenters. The lowest BCUT2D eigenvalue weighted by atomic mass is 10.1. The standard InChI is InChI=1S/C20H22F3N3O/c1-25-11-10-16(13-25)26(2)18-9-8-15(20(21,22)23)12-17(18)24-19(27)14-6-4-3-5-7-14/h3-9,12,16H,10-11,13H2,1-2H3,(H,24,27). The number of benzene rings is 2. The lowest BCUT2D eigenvalue weighted by molar-refractivity contribution is -0.137. The van der Waals surface area contributed by atoms with E-state index in [2.05, 4.69) is 10.2 Å². The molecule has 0 radical (unpaired) electrons. The second-order valence-electron chi connectivity index (χ2n) is 6.87. The minimum absolute atomic E-state index is 0.163. The number of carbonyl (C=O) groups is 1. The highest BCUT2D eigenvalue weighted by molar-refractivity contribution is 6.06. The molecular formula is C20H22F3N3O. The van der Waals surface area contributed by atoms with Gasteiger partial charge in [0.1, 0.15) is 0 Å². The fourth-order valence-corrected chi connectivity index (χ4v) is 3.33. The largest absolute Gasteiger partial charge is 0.416 e. The van der Waals surface area contributed by atoms with Crippen molar-refractivity contribution in [3.8, 4) is 0 Å². The van der Waals surface area contributed by atoms with Crippen LogP contribution < -0.4 is 10.2 Å². The Balaban J connectivity index is 1.94. The Labute approximate surface area is 156 Å². The monoisotopic (exact) mass is 377 g/mol. The van der Waals surface area contributed by atoms with Crippen LogP contribution in [0, 0.1) is 0 Å². The maximum absolute atomic E-state index is 13.2. The van der Waals surface area contributed by atoms with Crippen LogP contribution in [-0.4, -0.2) is 44.0 Å². The van der Waals surface area contributed by atoms with Crippen LogP contribution in [0.5, 0.6) is 0 Å². The van der Waals surface area contributed by atoms with Crippen molar-refractivity contribution in [1.29, 1.82) is 0 Å². The summed E-state index contributed by atoms with van der Waals surface area (Å²) in [4.78, 5) is 16.6. The predicted molar refractivity (Wildman–Crippen MR) is 100 cm³/mol. The van der Waals surface area contributed by atoms with Crippen LogP contribution >= 0.6 is 0 Å². The summed E-state index contributed by atoms with van der Waals surface area (Å²) >= 11 is 0. The minimum Gasteiger partial charge on any atom is -0.369 e. The summed E-state index contributed by atoms with van der Waals surface area (Å²) in [7, 11) is 3.86. The fourth-order valence-electron chi connectivity index (χ4n) is 3.33. The molecule has 1 aliphatic heterocycles. The van der Waals surface area contributed by atoms with Gasteiger partial charge in [0.15, 0.2) is 0 Å². The van der Waals surface area contributed by atoms with E-state index in [0.29, 0.717) is 11.3 Å². The topological polar surface area (TPSA) is 35.6 Å². The lowest BCUT2D eigenvalue weighted by Gasteiger charge is -2.29. The highest BCUT2D eigenvalue weighted by Gasteiger charge is 2.32. The highest BCUT2D eigenvalue weighted by atomic mass is 19.4. The normalized spacial score (nSPS) is 17.7. The average molecular weight is 377 g/mol. The van der Waals surface area contributed by atoms with Crippen LogP contribution in [0.25, 0.3) is 0 Å². The van der Waals surface area contributed by atoms with Crippen LogP contribution in [0.3, 0.4) is 0 Å². The van der Waals surface area contributed by atoms with Gasteiger partial charge in [0.2, 0.25) is 0 Å². The van der Waals surface area contributed by atoms with Crippen molar-refractivity contribution in [3.63, 3.8) is 0 Å². The third-order valence-electron chi connectivity index (χ3n) is 4.90. The number of anilines is 2. The Hall–Kier alpha value is -2.54. The molecule has 3 rings (SSSR count). The molecule has 1 heterocycles. The second-order valence-corrected chi connectivity index (χ2v) is 6.87. The average Bonchev–Trinajstić information content (AvgIpc) is 3.07. The SMILES string of the molecule is CN1CCC(N(C)c2ccc(C(F)(F)F)cc2NC(=O)c2ccccc2)C1. The van der Waals surface area contributed by atoms with Gasteiger partial charge in [-0.15, -0.1) is 0 Å². The first-order valence-electron chi connectivity index (χ1n) is 8.74. The molecule has 4 nitrogen and oxygen atoms in total. The Morgan fingerprint density at radius 2 is 1.89 bits per heavy atom. The van der Waals surface area contributed by atoms with Crippen LogP contribution in [0.2, 0.25) is 0 Å². The molecule has 0 spiro atoms. The van der Waals surface area contributed by atoms with E-state index in [1.165, 1.54) is 6.07 Å². The highest BCUT2D eigenvalue weighted by Crippen LogP contribution is 2.36. The van der Waals surface area contributed by atoms with Crippen molar-refractivity contribution in [2.45, 2.75) is 18.6 Å². The molecule has 1 fully saturated rings. The van der Waals surface area contributed by atoms with Crippen molar-refractivity contribution < 1.29 is 18.0 Å². The van der Waals surface area contributed by atoms with Crippen molar-refractivity contribution in [1.82, 2.24) is 4.90 Å². The number of carbonyl (C=O) groups excluding carboxylic acids is 1. The predicted octanol–water partition coefficient (Wildman–Crippen LogP) is 4.10. The summed E-state index contributed by atoms with van der Waals surface area (Å²) in [5, 5.41) is 2.66. The van der Waals surface area contributed by atoms with E-state index >= 15 is 0 Å². The number of amides is 1. The third kappa shape index (κ3) is 4.42.